The predicted molar refractivity (Wildman–Crippen MR) is 552 cm³/mol. The average molecular weight is 1950 g/mol. The summed E-state index contributed by atoms with van der Waals surface area (Å²) in [5, 5.41) is 13.7. The van der Waals surface area contributed by atoms with Crippen molar-refractivity contribution in [2.45, 2.75) is 150 Å². The molecule has 5 amide bonds. The molecule has 17 nitrogen and oxygen atoms in total. The molecule has 2 saturated heterocycles. The minimum atomic E-state index is -1.67. The van der Waals surface area contributed by atoms with Crippen molar-refractivity contribution >= 4 is 101 Å². The second-order valence-electron chi connectivity index (χ2n) is 31.0. The van der Waals surface area contributed by atoms with E-state index in [2.05, 4.69) is 167 Å². The Morgan fingerprint density at radius 3 is 0.848 bits per heavy atom. The molecule has 12 rings (SSSR count). The Bertz CT molecular complexity index is 4800. The molecule has 10 aromatic rings. The number of aryl methyl sites for hydroxylation is 5. The standard InChI is InChI=1S/C26H35N3O.C23H31N3O.C19H22ClNO.C19H23NO2.C12H15NO2.C7H7.3CH4.BrH.Cl2OS.Mg/c1-5-16-27-17-19-29(20-18-27)25(22-10-8-21(4)9-11-22)23-12-14-24(15-13-23)26(30)28(6-2)7-3;1-4-25(5-2)23(27)21-12-10-20(11-13-21)22(26-16-14-24-15-17-26)19-8-6-18(3)7-9-19;1-4-21(5-2)19(22)17-12-10-16(11-13-17)18(20)15-8-6-14(3)7-9-15;1-4-20(5-2)19(22)17-12-10-16(11-13-17)18(21)15-8-6-14(3)7-9-15;1-3-13(4-2)12(15)11-7-5-10(9-14)6-8-11;1-7-5-3-2-4-6-7;;;;;1-4(2)3;/h5,8-15,25H,1,6-7,16-20H2,2-4H3;6-13,22,24H,4-5,14-17H2,1-3H3;6-13,18H,4-5H2,1-3H3;6-13,18,21H,4-5H2,1-3H3;5-9H,3-4H2,1-2H3;3-6H,1H3;3*1H4;1H;;/q;;;;;-1;;;;;;+2/p-1. The second-order valence-corrected chi connectivity index (χ2v) is 34.0. The van der Waals surface area contributed by atoms with Crippen molar-refractivity contribution in [2.75, 3.05) is 124 Å². The Morgan fingerprint density at radius 2 is 0.606 bits per heavy atom. The van der Waals surface area contributed by atoms with Crippen molar-refractivity contribution in [3.8, 4) is 0 Å². The predicted octanol–water partition coefficient (Wildman–Crippen LogP) is 19.6. The first-order valence-corrected chi connectivity index (χ1v) is 47.6. The van der Waals surface area contributed by atoms with Crippen molar-refractivity contribution in [3.63, 3.8) is 0 Å². The van der Waals surface area contributed by atoms with Gasteiger partial charge in [-0.2, -0.15) is 35.9 Å². The van der Waals surface area contributed by atoms with E-state index in [4.69, 9.17) is 15.8 Å². The first-order valence-electron chi connectivity index (χ1n) is 44.4. The molecule has 2 fully saturated rings. The number of rotatable bonds is 28. The molecule has 4 unspecified atom stereocenters. The number of aliphatic hydroxyl groups is 1. The number of nitrogens with one attached hydrogen (secondary N) is 1. The molecule has 10 aromatic carbocycles. The monoisotopic (exact) mass is 1950 g/mol. The van der Waals surface area contributed by atoms with Crippen LogP contribution in [-0.4, -0.2) is 232 Å². The minimum absolute atomic E-state index is 0. The molecule has 2 heterocycles. The number of aliphatic hydroxyl groups excluding tert-OH is 1. The Labute approximate surface area is 835 Å². The number of nitrogens with zero attached hydrogens (tertiary/aromatic N) is 8. The molecule has 0 aromatic heterocycles. The molecular formula is C109H145BrCl3MgN9O8S. The van der Waals surface area contributed by atoms with Gasteiger partial charge in [-0.25, -0.2) is 4.21 Å². The second kappa shape index (κ2) is 65.6. The van der Waals surface area contributed by atoms with E-state index in [1.165, 1.54) is 44.5 Å². The summed E-state index contributed by atoms with van der Waals surface area (Å²) < 4.78 is 9.09. The summed E-state index contributed by atoms with van der Waals surface area (Å²) >= 11 is 6.54. The number of carbonyl (C=O) groups excluding carboxylic acids is 6. The van der Waals surface area contributed by atoms with Gasteiger partial charge < -0.3 is 51.9 Å². The quantitative estimate of drug-likeness (QED) is 0.0119. The fourth-order valence-electron chi connectivity index (χ4n) is 14.8. The summed E-state index contributed by atoms with van der Waals surface area (Å²) in [6.07, 6.45) is 2.09. The van der Waals surface area contributed by atoms with Gasteiger partial charge in [-0.3, -0.25) is 43.5 Å². The molecule has 710 valence electrons. The number of alkyl halides is 1. The van der Waals surface area contributed by atoms with Crippen LogP contribution in [0.3, 0.4) is 0 Å². The van der Waals surface area contributed by atoms with Crippen LogP contribution in [0.25, 0.3) is 0 Å². The molecule has 0 aliphatic carbocycles. The molecule has 2 aliphatic rings. The molecule has 2 aliphatic heterocycles. The van der Waals surface area contributed by atoms with Crippen LogP contribution >= 0.6 is 33.0 Å². The van der Waals surface area contributed by atoms with Crippen LogP contribution in [-0.2, 0) is 9.23 Å². The van der Waals surface area contributed by atoms with E-state index in [-0.39, 0.29) is 109 Å². The zero-order chi connectivity index (χ0) is 92.9. The van der Waals surface area contributed by atoms with E-state index >= 15 is 0 Å². The van der Waals surface area contributed by atoms with Gasteiger partial charge in [0.1, 0.15) is 12.4 Å². The smallest absolute Gasteiger partial charge is 1.00 e. The van der Waals surface area contributed by atoms with Crippen LogP contribution in [0.5, 0.6) is 0 Å². The summed E-state index contributed by atoms with van der Waals surface area (Å²) in [5.74, 6) is 0.328. The summed E-state index contributed by atoms with van der Waals surface area (Å²) in [6.45, 7) is 50.5. The van der Waals surface area contributed by atoms with Crippen LogP contribution in [0.4, 0.5) is 0 Å². The Morgan fingerprint density at radius 1 is 0.386 bits per heavy atom. The number of piperazine rings is 2. The molecule has 0 spiro atoms. The fraction of sp³-hybridized carbons (Fsp3) is 0.376. The molecule has 0 bridgehead atoms. The van der Waals surface area contributed by atoms with E-state index in [1.807, 2.05) is 218 Å². The maximum atomic E-state index is 12.7. The fourth-order valence-corrected chi connectivity index (χ4v) is 15.1. The van der Waals surface area contributed by atoms with Gasteiger partial charge in [-0.1, -0.05) is 215 Å². The molecular weight excluding hydrogens is 1810 g/mol. The molecule has 0 radical (unpaired) electrons. The van der Waals surface area contributed by atoms with Crippen molar-refractivity contribution in [1.82, 2.24) is 44.5 Å². The van der Waals surface area contributed by atoms with Gasteiger partial charge in [0.2, 0.25) is 9.23 Å². The Hall–Kier alpha value is -8.97. The SMILES string of the molecule is C.C.C.C=CCN1CCN(C(c2ccc(C)cc2)c2ccc(C(=O)N(CC)CC)cc2)CC1.CCN(CC)C(=O)c1ccc(C(Cl)c2ccc(C)cc2)cc1.CCN(CC)C(=O)c1ccc(C(O)c2ccc(C)cc2)cc1.CCN(CC)C(=O)c1ccc(C(c2ccc(C)cc2)N2CCNCC2)cc1.CCN(CC)C(=O)c1ccc(C=O)cc1.Cc1cc[c-]cc1.O=S(Cl)Cl.[Br-].[Mg+2]. The maximum absolute atomic E-state index is 12.7. The largest absolute Gasteiger partial charge is 2.00 e. The first kappa shape index (κ1) is 121. The Balaban J connectivity index is 0.000000802. The van der Waals surface area contributed by atoms with Crippen molar-refractivity contribution < 1.29 is 55.1 Å². The molecule has 23 heteroatoms. The van der Waals surface area contributed by atoms with Crippen molar-refractivity contribution in [2.24, 2.45) is 0 Å². The summed E-state index contributed by atoms with van der Waals surface area (Å²) in [4.78, 5) is 88.7. The van der Waals surface area contributed by atoms with Gasteiger partial charge in [0.15, 0.2) is 0 Å². The average Bonchev–Trinajstić information content (AvgIpc) is 0.805. The zero-order valence-electron chi connectivity index (χ0n) is 78.2. The normalized spacial score (nSPS) is 12.8. The zero-order valence-corrected chi connectivity index (χ0v) is 84.3. The van der Waals surface area contributed by atoms with Crippen LogP contribution in [0.2, 0.25) is 0 Å². The number of aldehydes is 1. The number of carbonyl (C=O) groups is 6. The summed E-state index contributed by atoms with van der Waals surface area (Å²) in [6, 6.07) is 82.9. The van der Waals surface area contributed by atoms with Gasteiger partial charge in [-0.15, -0.1) is 18.2 Å². The first-order chi connectivity index (χ1) is 61.2. The third-order valence-corrected chi connectivity index (χ3v) is 23.0. The minimum Gasteiger partial charge on any atom is -1.00 e. The van der Waals surface area contributed by atoms with E-state index in [1.54, 1.807) is 46.2 Å². The third kappa shape index (κ3) is 38.8. The van der Waals surface area contributed by atoms with Gasteiger partial charge in [-0.05, 0) is 202 Å². The number of hydrogen-bond donors (Lipinski definition) is 2. The number of hydrogen-bond acceptors (Lipinski definition) is 12. The number of amides is 5. The summed E-state index contributed by atoms with van der Waals surface area (Å²) in [5.41, 5.74) is 19.2. The van der Waals surface area contributed by atoms with E-state index in [0.29, 0.717) is 48.4 Å². The number of benzene rings is 10. The van der Waals surface area contributed by atoms with Crippen LogP contribution < -0.4 is 22.3 Å². The van der Waals surface area contributed by atoms with Crippen LogP contribution in [0.15, 0.2) is 255 Å². The van der Waals surface area contributed by atoms with Gasteiger partial charge >= 0.3 is 23.1 Å². The maximum Gasteiger partial charge on any atom is 2.00 e. The Kier molecular flexibility index (Phi) is 60.2. The topological polar surface area (TPSA) is 178 Å². The van der Waals surface area contributed by atoms with Crippen molar-refractivity contribution in [3.05, 3.63) is 367 Å². The molecule has 4 atom stereocenters. The molecule has 2 N–H and O–H groups in total. The molecule has 0 saturated carbocycles. The van der Waals surface area contributed by atoms with E-state index < -0.39 is 15.3 Å². The van der Waals surface area contributed by atoms with Crippen LogP contribution in [0, 0.1) is 40.7 Å². The summed E-state index contributed by atoms with van der Waals surface area (Å²) in [7, 11) is 7.36. The molecule has 132 heavy (non-hydrogen) atoms. The van der Waals surface area contributed by atoms with Crippen LogP contribution in [0.1, 0.15) is 250 Å². The van der Waals surface area contributed by atoms with Gasteiger partial charge in [0.05, 0.1) is 17.5 Å². The number of halogens is 4. The van der Waals surface area contributed by atoms with E-state index in [0.717, 1.165) is 143 Å². The third-order valence-electron chi connectivity index (χ3n) is 22.5. The van der Waals surface area contributed by atoms with Gasteiger partial charge in [0.25, 0.3) is 29.5 Å². The van der Waals surface area contributed by atoms with E-state index in [9.17, 15) is 33.9 Å². The van der Waals surface area contributed by atoms with Crippen molar-refractivity contribution in [1.29, 1.82) is 0 Å². The van der Waals surface area contributed by atoms with Gasteiger partial charge in [0, 0.05) is 179 Å².